The predicted octanol–water partition coefficient (Wildman–Crippen LogP) is 4.38. The van der Waals surface area contributed by atoms with Crippen molar-refractivity contribution in [2.45, 2.75) is 0 Å². The molecule has 7 heteroatoms. The summed E-state index contributed by atoms with van der Waals surface area (Å²) in [4.78, 5) is 29.8. The minimum atomic E-state index is -0.985. The van der Waals surface area contributed by atoms with Crippen LogP contribution in [0.4, 0.5) is 5.69 Å². The van der Waals surface area contributed by atoms with E-state index in [-0.39, 0.29) is 11.5 Å². The van der Waals surface area contributed by atoms with Gasteiger partial charge >= 0.3 is 5.97 Å². The molecule has 0 unspecified atom stereocenters. The molecule has 2 aromatic carbocycles. The number of halogens is 1. The zero-order chi connectivity index (χ0) is 18.0. The molecule has 126 valence electrons. The van der Waals surface area contributed by atoms with E-state index in [4.69, 9.17) is 5.11 Å². The number of hydrogen-bond acceptors (Lipinski definition) is 4. The molecular weight excluding hydrogens is 404 g/mol. The molecule has 3 rings (SSSR count). The van der Waals surface area contributed by atoms with Gasteiger partial charge in [0.2, 0.25) is 0 Å². The van der Waals surface area contributed by atoms with Crippen LogP contribution in [0.15, 0.2) is 62.9 Å². The fraction of sp³-hybridized carbons (Fsp3) is 0.0556. The molecule has 0 bridgehead atoms. The van der Waals surface area contributed by atoms with E-state index in [0.717, 1.165) is 10.0 Å². The molecule has 1 fully saturated rings. The normalized spacial score (nSPS) is 17.5. The monoisotopic (exact) mass is 416 g/mol. The number of carboxylic acid groups (broad SMARTS) is 1. The van der Waals surface area contributed by atoms with E-state index < -0.39 is 5.97 Å². The maximum absolute atomic E-state index is 12.4. The number of amidine groups is 1. The third-order valence-electron chi connectivity index (χ3n) is 3.49. The van der Waals surface area contributed by atoms with E-state index in [9.17, 15) is 9.59 Å². The molecule has 1 aliphatic heterocycles. The molecule has 1 N–H and O–H groups in total. The molecule has 1 heterocycles. The lowest BCUT2D eigenvalue weighted by molar-refractivity contribution is -0.121. The van der Waals surface area contributed by atoms with E-state index >= 15 is 0 Å². The quantitative estimate of drug-likeness (QED) is 0.753. The van der Waals surface area contributed by atoms with E-state index in [1.54, 1.807) is 19.2 Å². The van der Waals surface area contributed by atoms with Crippen molar-refractivity contribution in [2.75, 3.05) is 7.05 Å². The number of aliphatic imine (C=N–C) groups is 1. The number of aromatic carboxylic acids is 1. The molecule has 0 aliphatic carbocycles. The van der Waals surface area contributed by atoms with Crippen molar-refractivity contribution in [3.63, 3.8) is 0 Å². The summed E-state index contributed by atoms with van der Waals surface area (Å²) in [7, 11) is 1.67. The topological polar surface area (TPSA) is 70.0 Å². The van der Waals surface area contributed by atoms with Crippen LogP contribution in [0.1, 0.15) is 15.9 Å². The Bertz CT molecular complexity index is 907. The second kappa shape index (κ2) is 7.25. The number of nitrogens with zero attached hydrogens (tertiary/aromatic N) is 2. The minimum Gasteiger partial charge on any atom is -0.478 e. The number of benzene rings is 2. The summed E-state index contributed by atoms with van der Waals surface area (Å²) in [5, 5.41) is 9.48. The maximum atomic E-state index is 12.4. The van der Waals surface area contributed by atoms with Crippen molar-refractivity contribution < 1.29 is 14.7 Å². The van der Waals surface area contributed by atoms with Crippen LogP contribution in [0.5, 0.6) is 0 Å². The van der Waals surface area contributed by atoms with E-state index in [2.05, 4.69) is 20.9 Å². The minimum absolute atomic E-state index is 0.120. The molecule has 5 nitrogen and oxygen atoms in total. The van der Waals surface area contributed by atoms with Gasteiger partial charge < -0.3 is 5.11 Å². The van der Waals surface area contributed by atoms with Crippen molar-refractivity contribution in [3.05, 3.63) is 69.0 Å². The van der Waals surface area contributed by atoms with Gasteiger partial charge in [0.1, 0.15) is 0 Å². The summed E-state index contributed by atoms with van der Waals surface area (Å²) in [6, 6.07) is 13.9. The average Bonchev–Trinajstić information content (AvgIpc) is 2.83. The van der Waals surface area contributed by atoms with E-state index in [1.165, 1.54) is 28.8 Å². The SMILES string of the molecule is CN1C(=O)/C(=C/c2cccc(Br)c2)SC1=Nc1ccc(C(=O)O)cc1. The van der Waals surface area contributed by atoms with Crippen molar-refractivity contribution in [2.24, 2.45) is 4.99 Å². The lowest BCUT2D eigenvalue weighted by Gasteiger charge is -2.07. The molecule has 0 radical (unpaired) electrons. The average molecular weight is 417 g/mol. The highest BCUT2D eigenvalue weighted by Gasteiger charge is 2.30. The second-order valence-corrected chi connectivity index (χ2v) is 7.20. The first kappa shape index (κ1) is 17.4. The van der Waals surface area contributed by atoms with Crippen LogP contribution >= 0.6 is 27.7 Å². The van der Waals surface area contributed by atoms with Gasteiger partial charge in [0.15, 0.2) is 5.17 Å². The Morgan fingerprint density at radius 3 is 2.60 bits per heavy atom. The van der Waals surface area contributed by atoms with Crippen molar-refractivity contribution in [1.29, 1.82) is 0 Å². The zero-order valence-corrected chi connectivity index (χ0v) is 15.5. The maximum Gasteiger partial charge on any atom is 0.335 e. The Morgan fingerprint density at radius 2 is 1.96 bits per heavy atom. The number of thioether (sulfide) groups is 1. The highest BCUT2D eigenvalue weighted by atomic mass is 79.9. The summed E-state index contributed by atoms with van der Waals surface area (Å²) in [5.74, 6) is -1.10. The Kier molecular flexibility index (Phi) is 5.06. The molecule has 1 saturated heterocycles. The van der Waals surface area contributed by atoms with Crippen molar-refractivity contribution in [1.82, 2.24) is 4.90 Å². The van der Waals surface area contributed by atoms with Gasteiger partial charge in [-0.3, -0.25) is 9.69 Å². The van der Waals surface area contributed by atoms with Gasteiger partial charge in [-0.15, -0.1) is 0 Å². The lowest BCUT2D eigenvalue weighted by atomic mass is 10.2. The van der Waals surface area contributed by atoms with Crippen LogP contribution in [0.25, 0.3) is 6.08 Å². The third-order valence-corrected chi connectivity index (χ3v) is 5.04. The number of carbonyl (C=O) groups excluding carboxylic acids is 1. The van der Waals surface area contributed by atoms with Crippen LogP contribution in [-0.4, -0.2) is 34.1 Å². The van der Waals surface area contributed by atoms with Crippen LogP contribution < -0.4 is 0 Å². The van der Waals surface area contributed by atoms with Gasteiger partial charge in [0.25, 0.3) is 5.91 Å². The molecule has 25 heavy (non-hydrogen) atoms. The standard InChI is InChI=1S/C18H13BrN2O3S/c1-21-16(22)15(10-11-3-2-4-13(19)9-11)25-18(21)20-14-7-5-12(6-8-14)17(23)24/h2-10H,1H3,(H,23,24)/b15-10-,20-18?. The van der Waals surface area contributed by atoms with Crippen LogP contribution in [0.3, 0.4) is 0 Å². The first-order valence-electron chi connectivity index (χ1n) is 7.29. The first-order chi connectivity index (χ1) is 11.9. The van der Waals surface area contributed by atoms with Gasteiger partial charge in [-0.05, 0) is 59.8 Å². The fourth-order valence-corrected chi connectivity index (χ4v) is 3.59. The zero-order valence-electron chi connectivity index (χ0n) is 13.1. The Hall–Kier alpha value is -2.38. The largest absolute Gasteiger partial charge is 0.478 e. The van der Waals surface area contributed by atoms with Crippen LogP contribution in [0, 0.1) is 0 Å². The predicted molar refractivity (Wildman–Crippen MR) is 103 cm³/mol. The number of amides is 1. The smallest absolute Gasteiger partial charge is 0.335 e. The molecule has 0 spiro atoms. The second-order valence-electron chi connectivity index (χ2n) is 5.28. The summed E-state index contributed by atoms with van der Waals surface area (Å²) < 4.78 is 0.943. The molecule has 0 saturated carbocycles. The number of carboxylic acids is 1. The molecular formula is C18H13BrN2O3S. The van der Waals surface area contributed by atoms with Crippen LogP contribution in [0.2, 0.25) is 0 Å². The summed E-state index contributed by atoms with van der Waals surface area (Å²) in [6.07, 6.45) is 1.82. The molecule has 0 aromatic heterocycles. The van der Waals surface area contributed by atoms with Gasteiger partial charge in [0, 0.05) is 11.5 Å². The molecule has 1 amide bonds. The fourth-order valence-electron chi connectivity index (χ4n) is 2.19. The number of rotatable bonds is 3. The summed E-state index contributed by atoms with van der Waals surface area (Å²) >= 11 is 4.70. The molecule has 2 aromatic rings. The molecule has 1 aliphatic rings. The highest BCUT2D eigenvalue weighted by molar-refractivity contribution is 9.10. The number of hydrogen-bond donors (Lipinski definition) is 1. The van der Waals surface area contributed by atoms with Gasteiger partial charge in [-0.2, -0.15) is 0 Å². The number of likely N-dealkylation sites (N-methyl/N-ethyl adjacent to an activating group) is 1. The van der Waals surface area contributed by atoms with Crippen LogP contribution in [-0.2, 0) is 4.79 Å². The van der Waals surface area contributed by atoms with Gasteiger partial charge in [-0.1, -0.05) is 28.1 Å². The Labute approximate surface area is 157 Å². The van der Waals surface area contributed by atoms with E-state index in [0.29, 0.717) is 15.8 Å². The Balaban J connectivity index is 1.86. The number of carbonyl (C=O) groups is 2. The first-order valence-corrected chi connectivity index (χ1v) is 8.90. The Morgan fingerprint density at radius 1 is 1.24 bits per heavy atom. The summed E-state index contributed by atoms with van der Waals surface area (Å²) in [5.41, 5.74) is 1.71. The third kappa shape index (κ3) is 4.00. The molecule has 0 atom stereocenters. The van der Waals surface area contributed by atoms with Gasteiger partial charge in [0.05, 0.1) is 16.2 Å². The van der Waals surface area contributed by atoms with E-state index in [1.807, 2.05) is 30.3 Å². The highest BCUT2D eigenvalue weighted by Crippen LogP contribution is 2.33. The lowest BCUT2D eigenvalue weighted by Crippen LogP contribution is -2.23. The van der Waals surface area contributed by atoms with Gasteiger partial charge in [-0.25, -0.2) is 9.79 Å². The van der Waals surface area contributed by atoms with Crippen molar-refractivity contribution in [3.8, 4) is 0 Å². The van der Waals surface area contributed by atoms with Crippen molar-refractivity contribution >= 4 is 56.5 Å². The summed E-state index contributed by atoms with van der Waals surface area (Å²) in [6.45, 7) is 0.